The van der Waals surface area contributed by atoms with Gasteiger partial charge >= 0.3 is 0 Å². The summed E-state index contributed by atoms with van der Waals surface area (Å²) in [6.07, 6.45) is 0. The Morgan fingerprint density at radius 2 is 1.25 bits per heavy atom. The molecular weight excluding hydrogens is 592 g/mol. The number of hydrogen-bond acceptors (Lipinski definition) is 3. The fourth-order valence-corrected chi connectivity index (χ4v) is 10.00. The number of rotatable bonds is 7. The first-order chi connectivity index (χ1) is 17.1. The number of benzene rings is 4. The number of hydrogen-bond donors (Lipinski definition) is 0. The maximum absolute atomic E-state index is 6.59. The van der Waals surface area contributed by atoms with Crippen LogP contribution in [0.2, 0.25) is 10.0 Å². The standard InChI is InChI=1S/C29H23Cl2NOPS.BrH/c1-2-35-29-28(32-27(33-29)25-19-18-21(30)20-26(25)31)34(22-12-6-3-7-13-22,23-14-8-4-9-15-23)24-16-10-5-11-17-24;/h3-20H,2H2,1H3;1H/q+1;/p-1. The second-order valence-corrected chi connectivity index (χ2v) is 13.3. The highest BCUT2D eigenvalue weighted by atomic mass is 79.9. The summed E-state index contributed by atoms with van der Waals surface area (Å²) in [4.78, 5) is 5.23. The SMILES string of the molecule is CCSc1oc(-c2ccc(Cl)cc2Cl)nc1[P+](c1ccccc1)(c1ccccc1)c1ccccc1.[Br-]. The summed E-state index contributed by atoms with van der Waals surface area (Å²) in [5, 5.41) is 5.57. The molecule has 0 N–H and O–H groups in total. The van der Waals surface area contributed by atoms with Crippen molar-refractivity contribution in [2.75, 3.05) is 5.75 Å². The van der Waals surface area contributed by atoms with Crippen molar-refractivity contribution in [3.63, 3.8) is 0 Å². The monoisotopic (exact) mass is 613 g/mol. The second-order valence-electron chi connectivity index (χ2n) is 7.86. The van der Waals surface area contributed by atoms with Crippen molar-refractivity contribution in [3.8, 4) is 11.5 Å². The van der Waals surface area contributed by atoms with Crippen LogP contribution in [-0.4, -0.2) is 10.7 Å². The number of thioether (sulfide) groups is 1. The molecule has 4 aromatic carbocycles. The summed E-state index contributed by atoms with van der Waals surface area (Å²) in [5.41, 5.74) is 1.68. The Morgan fingerprint density at radius 1 is 0.750 bits per heavy atom. The van der Waals surface area contributed by atoms with Gasteiger partial charge in [0.2, 0.25) is 11.0 Å². The zero-order valence-electron chi connectivity index (χ0n) is 19.4. The summed E-state index contributed by atoms with van der Waals surface area (Å²) in [6.45, 7) is 2.12. The molecule has 0 saturated carbocycles. The molecule has 0 aliphatic rings. The molecule has 0 fully saturated rings. The molecule has 1 aromatic heterocycles. The number of aromatic nitrogens is 1. The third kappa shape index (κ3) is 5.03. The predicted octanol–water partition coefficient (Wildman–Crippen LogP) is 4.38. The molecule has 0 radical (unpaired) electrons. The third-order valence-electron chi connectivity index (χ3n) is 5.76. The second kappa shape index (κ2) is 12.0. The molecule has 2 nitrogen and oxygen atoms in total. The van der Waals surface area contributed by atoms with Crippen LogP contribution in [0.1, 0.15) is 6.92 Å². The highest BCUT2D eigenvalue weighted by Crippen LogP contribution is 2.56. The van der Waals surface area contributed by atoms with Crippen molar-refractivity contribution in [2.45, 2.75) is 12.0 Å². The van der Waals surface area contributed by atoms with Crippen LogP contribution in [0, 0.1) is 0 Å². The molecule has 0 unspecified atom stereocenters. The van der Waals surface area contributed by atoms with E-state index in [1.807, 2.05) is 12.1 Å². The first-order valence-electron chi connectivity index (χ1n) is 11.3. The van der Waals surface area contributed by atoms with Crippen molar-refractivity contribution >= 4 is 63.6 Å². The summed E-state index contributed by atoms with van der Waals surface area (Å²) in [5.74, 6) is 1.36. The van der Waals surface area contributed by atoms with Crippen molar-refractivity contribution in [1.82, 2.24) is 4.98 Å². The molecule has 1 heterocycles. The molecule has 182 valence electrons. The quantitative estimate of drug-likeness (QED) is 0.201. The van der Waals surface area contributed by atoms with Gasteiger partial charge in [0.1, 0.15) is 15.9 Å². The van der Waals surface area contributed by atoms with Crippen LogP contribution in [0.15, 0.2) is 119 Å². The first kappa shape index (κ1) is 27.0. The largest absolute Gasteiger partial charge is 1.00 e. The molecule has 0 spiro atoms. The van der Waals surface area contributed by atoms with E-state index in [4.69, 9.17) is 32.6 Å². The summed E-state index contributed by atoms with van der Waals surface area (Å²) >= 11 is 14.4. The Bertz CT molecular complexity index is 1340. The van der Waals surface area contributed by atoms with Gasteiger partial charge in [-0.25, -0.2) is 0 Å². The van der Waals surface area contributed by atoms with Crippen LogP contribution in [0.4, 0.5) is 0 Å². The lowest BCUT2D eigenvalue weighted by Crippen LogP contribution is -3.00. The smallest absolute Gasteiger partial charge is 0.251 e. The zero-order valence-corrected chi connectivity index (χ0v) is 24.3. The van der Waals surface area contributed by atoms with Crippen LogP contribution in [0.3, 0.4) is 0 Å². The topological polar surface area (TPSA) is 26.0 Å². The number of nitrogens with zero attached hydrogens (tertiary/aromatic N) is 1. The molecule has 0 atom stereocenters. The van der Waals surface area contributed by atoms with E-state index in [1.54, 1.807) is 17.8 Å². The molecule has 0 saturated heterocycles. The van der Waals surface area contributed by atoms with Crippen LogP contribution in [0.25, 0.3) is 11.5 Å². The van der Waals surface area contributed by atoms with Gasteiger partial charge in [0, 0.05) is 5.02 Å². The lowest BCUT2D eigenvalue weighted by molar-refractivity contribution is -0.00000707. The van der Waals surface area contributed by atoms with Crippen molar-refractivity contribution in [2.24, 2.45) is 0 Å². The Hall–Kier alpha value is -2.07. The third-order valence-corrected chi connectivity index (χ3v) is 11.4. The van der Waals surface area contributed by atoms with Gasteiger partial charge in [0.25, 0.3) is 5.44 Å². The van der Waals surface area contributed by atoms with E-state index < -0.39 is 7.26 Å². The van der Waals surface area contributed by atoms with Gasteiger partial charge < -0.3 is 21.4 Å². The molecule has 5 aromatic rings. The Morgan fingerprint density at radius 3 is 1.69 bits per heavy atom. The van der Waals surface area contributed by atoms with Gasteiger partial charge in [-0.1, -0.05) is 96.5 Å². The summed E-state index contributed by atoms with van der Waals surface area (Å²) < 4.78 is 6.48. The van der Waals surface area contributed by atoms with Crippen LogP contribution in [-0.2, 0) is 0 Å². The van der Waals surface area contributed by atoms with E-state index in [2.05, 4.69) is 97.9 Å². The van der Waals surface area contributed by atoms with Gasteiger partial charge in [-0.2, -0.15) is 4.98 Å². The Kier molecular flexibility index (Phi) is 8.98. The molecule has 0 amide bonds. The molecule has 0 bridgehead atoms. The predicted molar refractivity (Wildman–Crippen MR) is 153 cm³/mol. The van der Waals surface area contributed by atoms with E-state index >= 15 is 0 Å². The minimum atomic E-state index is -2.39. The van der Waals surface area contributed by atoms with E-state index in [1.165, 1.54) is 15.9 Å². The highest BCUT2D eigenvalue weighted by Gasteiger charge is 2.52. The maximum Gasteiger partial charge on any atom is 0.251 e. The summed E-state index contributed by atoms with van der Waals surface area (Å²) in [7, 11) is -2.39. The minimum Gasteiger partial charge on any atom is -1.00 e. The fraction of sp³-hybridized carbons (Fsp3) is 0.0690. The lowest BCUT2D eigenvalue weighted by atomic mass is 10.2. The van der Waals surface area contributed by atoms with E-state index in [-0.39, 0.29) is 17.0 Å². The van der Waals surface area contributed by atoms with Gasteiger partial charge in [-0.15, -0.1) is 0 Å². The minimum absolute atomic E-state index is 0. The normalized spacial score (nSPS) is 11.2. The Balaban J connectivity index is 0.00000304. The van der Waals surface area contributed by atoms with Crippen LogP contribution >= 0.6 is 42.2 Å². The Labute approximate surface area is 237 Å². The average Bonchev–Trinajstić information content (AvgIpc) is 3.30. The van der Waals surface area contributed by atoms with Gasteiger partial charge in [-0.3, -0.25) is 0 Å². The van der Waals surface area contributed by atoms with Crippen molar-refractivity contribution < 1.29 is 21.4 Å². The van der Waals surface area contributed by atoms with Crippen LogP contribution < -0.4 is 38.3 Å². The average molecular weight is 615 g/mol. The fourth-order valence-electron chi connectivity index (χ4n) is 4.28. The summed E-state index contributed by atoms with van der Waals surface area (Å²) in [6, 6.07) is 37.4. The zero-order chi connectivity index (χ0) is 24.3. The molecular formula is C29H23BrCl2NOPS. The van der Waals surface area contributed by atoms with Gasteiger partial charge in [-0.05, 0) is 60.4 Å². The number of halogens is 3. The van der Waals surface area contributed by atoms with E-state index in [9.17, 15) is 0 Å². The highest BCUT2D eigenvalue weighted by molar-refractivity contribution is 8.04. The van der Waals surface area contributed by atoms with Gasteiger partial charge in [0.05, 0.1) is 10.6 Å². The lowest BCUT2D eigenvalue weighted by Gasteiger charge is -2.25. The maximum atomic E-state index is 6.59. The van der Waals surface area contributed by atoms with Gasteiger partial charge in [0.15, 0.2) is 7.26 Å². The molecule has 0 aliphatic carbocycles. The van der Waals surface area contributed by atoms with Crippen LogP contribution in [0.5, 0.6) is 0 Å². The molecule has 5 rings (SSSR count). The van der Waals surface area contributed by atoms with E-state index in [0.29, 0.717) is 15.9 Å². The number of oxazole rings is 1. The van der Waals surface area contributed by atoms with E-state index in [0.717, 1.165) is 21.8 Å². The molecule has 7 heteroatoms. The molecule has 0 aliphatic heterocycles. The first-order valence-corrected chi connectivity index (χ1v) is 14.8. The molecule has 36 heavy (non-hydrogen) atoms. The van der Waals surface area contributed by atoms with Crippen molar-refractivity contribution in [3.05, 3.63) is 119 Å². The van der Waals surface area contributed by atoms with Crippen molar-refractivity contribution in [1.29, 1.82) is 0 Å².